The fourth-order valence-corrected chi connectivity index (χ4v) is 4.46. The van der Waals surface area contributed by atoms with Gasteiger partial charge in [0.1, 0.15) is 24.4 Å². The Hall–Kier alpha value is -3.63. The summed E-state index contributed by atoms with van der Waals surface area (Å²) in [4.78, 5) is 69.6. The molecule has 0 bridgehead atoms. The van der Waals surface area contributed by atoms with Crippen molar-refractivity contribution in [1.82, 2.24) is 25.3 Å². The molecule has 1 saturated heterocycles. The lowest BCUT2D eigenvalue weighted by Gasteiger charge is -2.30. The number of benzene rings is 1. The first kappa shape index (κ1) is 27.9. The highest BCUT2D eigenvalue weighted by molar-refractivity contribution is 6.01. The Labute approximate surface area is 217 Å². The Balaban J connectivity index is 1.90. The first-order valence-corrected chi connectivity index (χ1v) is 12.7. The normalized spacial score (nSPS) is 22.3. The van der Waals surface area contributed by atoms with E-state index >= 15 is 0 Å². The molecule has 1 fully saturated rings. The van der Waals surface area contributed by atoms with Crippen molar-refractivity contribution >= 4 is 29.5 Å². The molecule has 202 valence electrons. The largest absolute Gasteiger partial charge is 0.491 e. The number of ether oxygens (including phenoxy) is 1. The highest BCUT2D eigenvalue weighted by atomic mass is 16.5. The lowest BCUT2D eigenvalue weighted by Crippen LogP contribution is -2.55. The third-order valence-corrected chi connectivity index (χ3v) is 6.69. The quantitative estimate of drug-likeness (QED) is 0.581. The number of nitrogens with one attached hydrogen (secondary N) is 2. The van der Waals surface area contributed by atoms with Crippen molar-refractivity contribution in [3.63, 3.8) is 0 Å². The first-order valence-electron chi connectivity index (χ1n) is 12.7. The fraction of sp³-hybridized carbons (Fsp3) is 0.577. The minimum Gasteiger partial charge on any atom is -0.491 e. The van der Waals surface area contributed by atoms with E-state index in [9.17, 15) is 24.0 Å². The Morgan fingerprint density at radius 2 is 1.65 bits per heavy atom. The van der Waals surface area contributed by atoms with E-state index in [1.165, 1.54) is 11.8 Å². The van der Waals surface area contributed by atoms with Gasteiger partial charge < -0.3 is 30.1 Å². The van der Waals surface area contributed by atoms with Gasteiger partial charge in [0.25, 0.3) is 5.91 Å². The van der Waals surface area contributed by atoms with Crippen LogP contribution in [0.5, 0.6) is 5.75 Å². The van der Waals surface area contributed by atoms with E-state index < -0.39 is 29.8 Å². The summed E-state index contributed by atoms with van der Waals surface area (Å²) in [5.74, 6) is -1.66. The Bertz CT molecular complexity index is 1030. The minimum atomic E-state index is -1.16. The molecule has 0 spiro atoms. The highest BCUT2D eigenvalue weighted by Gasteiger charge is 2.33. The second-order valence-electron chi connectivity index (χ2n) is 9.81. The van der Waals surface area contributed by atoms with Crippen LogP contribution < -0.4 is 15.4 Å². The summed E-state index contributed by atoms with van der Waals surface area (Å²) in [6, 6.07) is 4.69. The fourth-order valence-electron chi connectivity index (χ4n) is 4.46. The lowest BCUT2D eigenvalue weighted by molar-refractivity contribution is -0.138. The van der Waals surface area contributed by atoms with Gasteiger partial charge in [0, 0.05) is 40.2 Å². The maximum absolute atomic E-state index is 13.6. The number of para-hydroxylation sites is 1. The van der Waals surface area contributed by atoms with Crippen molar-refractivity contribution in [2.75, 3.05) is 46.4 Å². The monoisotopic (exact) mass is 515 g/mol. The molecular weight excluding hydrogens is 478 g/mol. The van der Waals surface area contributed by atoms with Crippen LogP contribution in [-0.4, -0.2) is 103 Å². The van der Waals surface area contributed by atoms with Crippen molar-refractivity contribution in [2.45, 2.75) is 45.7 Å². The molecule has 2 heterocycles. The van der Waals surface area contributed by atoms with Crippen molar-refractivity contribution in [1.29, 1.82) is 0 Å². The highest BCUT2D eigenvalue weighted by Crippen LogP contribution is 2.19. The average Bonchev–Trinajstić information content (AvgIpc) is 3.12. The smallest absolute Gasteiger partial charge is 0.255 e. The molecule has 3 rings (SSSR count). The maximum atomic E-state index is 13.6. The molecule has 2 atom stereocenters. The zero-order valence-electron chi connectivity index (χ0n) is 22.0. The second kappa shape index (κ2) is 12.6. The van der Waals surface area contributed by atoms with Crippen LogP contribution in [0.3, 0.4) is 0 Å². The average molecular weight is 516 g/mol. The molecule has 2 aliphatic heterocycles. The van der Waals surface area contributed by atoms with Gasteiger partial charge in [0.2, 0.25) is 23.6 Å². The van der Waals surface area contributed by atoms with Gasteiger partial charge in [-0.3, -0.25) is 24.0 Å². The standard InChI is InChI=1S/C26H37N5O6/c1-17(2)23-26(36)29(4)14-15-37-21-9-6-5-8-19(21)24(34)27-20(16-22(33)28-23)25(35)31-11-7-10-30(12-13-31)18(3)32/h5-6,8-9,17,20,23H,7,10-16H2,1-4H3,(H,27,34)(H,28,33)/t20-,23-/m0/s1. The summed E-state index contributed by atoms with van der Waals surface area (Å²) in [7, 11) is 1.63. The zero-order valence-corrected chi connectivity index (χ0v) is 22.0. The van der Waals surface area contributed by atoms with Crippen LogP contribution in [0.15, 0.2) is 24.3 Å². The van der Waals surface area contributed by atoms with Crippen LogP contribution in [0.25, 0.3) is 0 Å². The number of amides is 5. The SMILES string of the molecule is CC(=O)N1CCCN(C(=O)[C@@H]2CC(=O)N[C@@H](C(C)C)C(=O)N(C)CCOc3ccccc3C(=O)N2)CC1. The zero-order chi connectivity index (χ0) is 27.1. The summed E-state index contributed by atoms with van der Waals surface area (Å²) < 4.78 is 5.83. The number of hydrogen-bond donors (Lipinski definition) is 2. The van der Waals surface area contributed by atoms with Crippen molar-refractivity contribution in [2.24, 2.45) is 5.92 Å². The summed E-state index contributed by atoms with van der Waals surface area (Å²) >= 11 is 0. The van der Waals surface area contributed by atoms with Gasteiger partial charge >= 0.3 is 0 Å². The Morgan fingerprint density at radius 3 is 2.35 bits per heavy atom. The topological polar surface area (TPSA) is 128 Å². The molecule has 0 aromatic heterocycles. The van der Waals surface area contributed by atoms with Crippen LogP contribution >= 0.6 is 0 Å². The summed E-state index contributed by atoms with van der Waals surface area (Å²) in [5, 5.41) is 5.49. The van der Waals surface area contributed by atoms with Gasteiger partial charge in [0.05, 0.1) is 18.5 Å². The van der Waals surface area contributed by atoms with Crippen LogP contribution in [0.1, 0.15) is 44.0 Å². The minimum absolute atomic E-state index is 0.0639. The maximum Gasteiger partial charge on any atom is 0.255 e. The van der Waals surface area contributed by atoms with Gasteiger partial charge in [-0.1, -0.05) is 26.0 Å². The van der Waals surface area contributed by atoms with Crippen LogP contribution in [0.2, 0.25) is 0 Å². The van der Waals surface area contributed by atoms with Gasteiger partial charge in [-0.15, -0.1) is 0 Å². The molecule has 0 unspecified atom stereocenters. The van der Waals surface area contributed by atoms with E-state index in [1.807, 2.05) is 13.8 Å². The lowest BCUT2D eigenvalue weighted by atomic mass is 10.0. The van der Waals surface area contributed by atoms with Gasteiger partial charge in [0.15, 0.2) is 0 Å². The number of hydrogen-bond acceptors (Lipinski definition) is 6. The molecule has 0 aliphatic carbocycles. The third kappa shape index (κ3) is 7.21. The van der Waals surface area contributed by atoms with Crippen molar-refractivity contribution in [3.05, 3.63) is 29.8 Å². The number of carbonyl (C=O) groups excluding carboxylic acids is 5. The second-order valence-corrected chi connectivity index (χ2v) is 9.81. The molecular formula is C26H37N5O6. The molecule has 1 aromatic carbocycles. The van der Waals surface area contributed by atoms with Crippen LogP contribution in [0, 0.1) is 5.92 Å². The molecule has 1 aromatic rings. The number of carbonyl (C=O) groups is 5. The van der Waals surface area contributed by atoms with Gasteiger partial charge in [-0.05, 0) is 24.5 Å². The predicted octanol–water partition coefficient (Wildman–Crippen LogP) is 0.248. The van der Waals surface area contributed by atoms with Gasteiger partial charge in [-0.2, -0.15) is 0 Å². The molecule has 37 heavy (non-hydrogen) atoms. The van der Waals surface area contributed by atoms with Crippen LogP contribution in [-0.2, 0) is 19.2 Å². The number of rotatable bonds is 2. The van der Waals surface area contributed by atoms with E-state index in [2.05, 4.69) is 10.6 Å². The Morgan fingerprint density at radius 1 is 0.973 bits per heavy atom. The van der Waals surface area contributed by atoms with E-state index in [0.717, 1.165) is 0 Å². The van der Waals surface area contributed by atoms with E-state index in [4.69, 9.17) is 4.74 Å². The summed E-state index contributed by atoms with van der Waals surface area (Å²) in [6.07, 6.45) is 0.256. The van der Waals surface area contributed by atoms with E-state index in [1.54, 1.807) is 41.1 Å². The molecule has 2 aliphatic rings. The van der Waals surface area contributed by atoms with E-state index in [0.29, 0.717) is 38.3 Å². The van der Waals surface area contributed by atoms with Crippen molar-refractivity contribution in [3.8, 4) is 5.75 Å². The van der Waals surface area contributed by atoms with Crippen molar-refractivity contribution < 1.29 is 28.7 Å². The first-order chi connectivity index (χ1) is 17.6. The number of nitrogens with zero attached hydrogens (tertiary/aromatic N) is 3. The third-order valence-electron chi connectivity index (χ3n) is 6.69. The molecule has 2 N–H and O–H groups in total. The molecule has 5 amide bonds. The molecule has 0 saturated carbocycles. The number of fused-ring (bicyclic) bond motifs is 1. The number of likely N-dealkylation sites (N-methyl/N-ethyl adjacent to an activating group) is 1. The molecule has 11 heteroatoms. The van der Waals surface area contributed by atoms with Crippen LogP contribution in [0.4, 0.5) is 0 Å². The summed E-state index contributed by atoms with van der Waals surface area (Å²) in [5.41, 5.74) is 0.227. The molecule has 11 nitrogen and oxygen atoms in total. The molecule has 0 radical (unpaired) electrons. The Kier molecular flexibility index (Phi) is 9.48. The van der Waals surface area contributed by atoms with Gasteiger partial charge in [-0.25, -0.2) is 0 Å². The summed E-state index contributed by atoms with van der Waals surface area (Å²) in [6.45, 7) is 7.16. The van der Waals surface area contributed by atoms with E-state index in [-0.39, 0.29) is 42.9 Å². The predicted molar refractivity (Wildman–Crippen MR) is 136 cm³/mol.